The Hall–Kier alpha value is -0.458. The van der Waals surface area contributed by atoms with Gasteiger partial charge in [-0.25, -0.2) is 0 Å². The molecule has 0 saturated carbocycles. The molecule has 0 aliphatic rings. The van der Waals surface area contributed by atoms with E-state index in [0.717, 1.165) is 6.08 Å². The van der Waals surface area contributed by atoms with Crippen molar-refractivity contribution in [3.8, 4) is 0 Å². The van der Waals surface area contributed by atoms with E-state index in [9.17, 15) is 4.79 Å². The van der Waals surface area contributed by atoms with Gasteiger partial charge in [0.15, 0.2) is 0 Å². The predicted octanol–water partition coefficient (Wildman–Crippen LogP) is -1.11. The van der Waals surface area contributed by atoms with Gasteiger partial charge in [0.05, 0.1) is 0 Å². The molecular formula is C3H6AlNO2. The van der Waals surface area contributed by atoms with Crippen LogP contribution in [0, 0.1) is 0 Å². The third-order valence-corrected chi connectivity index (χ3v) is 0.201. The first kappa shape index (κ1) is 9.74. The van der Waals surface area contributed by atoms with Crippen LogP contribution in [0.1, 0.15) is 0 Å². The average Bonchev–Trinajstić information content (AvgIpc) is 1.73. The zero-order valence-electron chi connectivity index (χ0n) is 3.89. The number of amides is 1. The molecule has 0 bridgehead atoms. The number of primary amides is 1. The Morgan fingerprint density at radius 2 is 1.86 bits per heavy atom. The first-order valence-electron chi connectivity index (χ1n) is 1.48. The molecule has 4 heteroatoms. The first-order chi connectivity index (χ1) is 3.27. The maximum absolute atomic E-state index is 9.47. The minimum atomic E-state index is -0.481. The molecule has 0 aliphatic heterocycles. The van der Waals surface area contributed by atoms with E-state index in [1.54, 1.807) is 0 Å². The van der Waals surface area contributed by atoms with Crippen molar-refractivity contribution in [2.75, 3.05) is 0 Å². The van der Waals surface area contributed by atoms with Crippen molar-refractivity contribution in [1.29, 1.82) is 0 Å². The van der Waals surface area contributed by atoms with E-state index < -0.39 is 5.91 Å². The zero-order chi connectivity index (χ0) is 6.28. The SMILES string of the molecule is C=CC(N)=O.[O]=[AlH]. The van der Waals surface area contributed by atoms with E-state index >= 15 is 0 Å². The Bertz CT molecular complexity index is 73.3. The fraction of sp³-hybridized carbons (Fsp3) is 0. The van der Waals surface area contributed by atoms with Crippen LogP contribution in [0.4, 0.5) is 0 Å². The monoisotopic (exact) mass is 115 g/mol. The third kappa shape index (κ3) is 29.2. The summed E-state index contributed by atoms with van der Waals surface area (Å²) in [6.07, 6.45) is 1.06. The maximum atomic E-state index is 9.47. The van der Waals surface area contributed by atoms with Gasteiger partial charge in [0.1, 0.15) is 0 Å². The van der Waals surface area contributed by atoms with Crippen LogP contribution in [0.3, 0.4) is 0 Å². The van der Waals surface area contributed by atoms with Crippen molar-refractivity contribution in [2.45, 2.75) is 0 Å². The van der Waals surface area contributed by atoms with Crippen molar-refractivity contribution in [1.82, 2.24) is 0 Å². The number of hydrogen-bond donors (Lipinski definition) is 1. The summed E-state index contributed by atoms with van der Waals surface area (Å²) in [7, 11) is 0. The van der Waals surface area contributed by atoms with Crippen molar-refractivity contribution in [3.63, 3.8) is 0 Å². The van der Waals surface area contributed by atoms with E-state index in [1.807, 2.05) is 0 Å². The molecule has 0 aliphatic carbocycles. The van der Waals surface area contributed by atoms with Crippen LogP contribution in [0.25, 0.3) is 0 Å². The molecule has 2 N–H and O–H groups in total. The van der Waals surface area contributed by atoms with Crippen LogP contribution >= 0.6 is 0 Å². The molecule has 0 atom stereocenters. The fourth-order valence-corrected chi connectivity index (χ4v) is 0. The minimum absolute atomic E-state index is 0.481. The Balaban J connectivity index is 0. The van der Waals surface area contributed by atoms with Gasteiger partial charge in [-0.1, -0.05) is 6.58 Å². The first-order valence-corrected chi connectivity index (χ1v) is 2.06. The summed E-state index contributed by atoms with van der Waals surface area (Å²) < 4.78 is 8.28. The number of carbonyl (C=O) groups excluding carboxylic acids is 1. The third-order valence-electron chi connectivity index (χ3n) is 0.201. The molecule has 0 aromatic carbocycles. The summed E-state index contributed by atoms with van der Waals surface area (Å²) in [6.45, 7) is 3.09. The molecule has 0 fully saturated rings. The summed E-state index contributed by atoms with van der Waals surface area (Å²) >= 11 is 0.611. The molecule has 0 spiro atoms. The van der Waals surface area contributed by atoms with Crippen molar-refractivity contribution in [2.24, 2.45) is 5.73 Å². The molecule has 0 unspecified atom stereocenters. The summed E-state index contributed by atoms with van der Waals surface area (Å²) in [4.78, 5) is 9.47. The molecule has 0 aromatic rings. The quantitative estimate of drug-likeness (QED) is 0.348. The van der Waals surface area contributed by atoms with Crippen LogP contribution < -0.4 is 5.73 Å². The van der Waals surface area contributed by atoms with E-state index in [0.29, 0.717) is 16.2 Å². The van der Waals surface area contributed by atoms with Gasteiger partial charge in [-0.15, -0.1) is 0 Å². The van der Waals surface area contributed by atoms with Crippen molar-refractivity contribution >= 4 is 22.1 Å². The summed E-state index contributed by atoms with van der Waals surface area (Å²) in [5.41, 5.74) is 4.53. The Labute approximate surface area is 49.8 Å². The summed E-state index contributed by atoms with van der Waals surface area (Å²) in [5, 5.41) is 0. The number of carbonyl (C=O) groups is 1. The van der Waals surface area contributed by atoms with E-state index in [2.05, 4.69) is 12.3 Å². The van der Waals surface area contributed by atoms with Gasteiger partial charge in [-0.3, -0.25) is 4.79 Å². The number of hydrogen-bond acceptors (Lipinski definition) is 2. The molecule has 0 saturated heterocycles. The summed E-state index contributed by atoms with van der Waals surface area (Å²) in [6, 6.07) is 0. The van der Waals surface area contributed by atoms with Gasteiger partial charge in [0.25, 0.3) is 0 Å². The van der Waals surface area contributed by atoms with Gasteiger partial charge in [-0.2, -0.15) is 0 Å². The molecule has 0 heterocycles. The Kier molecular flexibility index (Phi) is 12.7. The van der Waals surface area contributed by atoms with E-state index in [4.69, 9.17) is 3.80 Å². The standard InChI is InChI=1S/C3H5NO.Al.O.H/c1-2-3(4)5;;;/h2H,1H2,(H2,4,5);;;. The van der Waals surface area contributed by atoms with Crippen LogP contribution in [-0.4, -0.2) is 22.1 Å². The molecule has 3 nitrogen and oxygen atoms in total. The van der Waals surface area contributed by atoms with Gasteiger partial charge >= 0.3 is 20.0 Å². The van der Waals surface area contributed by atoms with Crippen LogP contribution in [0.2, 0.25) is 0 Å². The van der Waals surface area contributed by atoms with Crippen LogP contribution in [0.5, 0.6) is 0 Å². The normalized spacial score (nSPS) is 5.00. The molecule has 0 radical (unpaired) electrons. The van der Waals surface area contributed by atoms with E-state index in [-0.39, 0.29) is 0 Å². The topological polar surface area (TPSA) is 60.2 Å². The predicted molar refractivity (Wildman–Crippen MR) is 27.2 cm³/mol. The average molecular weight is 115 g/mol. The van der Waals surface area contributed by atoms with Crippen LogP contribution in [0.15, 0.2) is 12.7 Å². The molecule has 0 rings (SSSR count). The molecule has 7 heavy (non-hydrogen) atoms. The Morgan fingerprint density at radius 3 is 1.86 bits per heavy atom. The van der Waals surface area contributed by atoms with Gasteiger partial charge in [0, 0.05) is 0 Å². The Morgan fingerprint density at radius 1 is 1.71 bits per heavy atom. The van der Waals surface area contributed by atoms with Crippen molar-refractivity contribution < 1.29 is 8.60 Å². The second kappa shape index (κ2) is 9.11. The molecule has 38 valence electrons. The zero-order valence-corrected chi connectivity index (χ0v) is 5.30. The molecule has 1 amide bonds. The fourth-order valence-electron chi connectivity index (χ4n) is 0. The number of nitrogens with two attached hydrogens (primary N) is 1. The second-order valence-electron chi connectivity index (χ2n) is 0.606. The number of rotatable bonds is 1. The van der Waals surface area contributed by atoms with Crippen LogP contribution in [-0.2, 0) is 8.60 Å². The molecule has 0 aromatic heterocycles. The van der Waals surface area contributed by atoms with Gasteiger partial charge in [0.2, 0.25) is 5.91 Å². The second-order valence-corrected chi connectivity index (χ2v) is 0.606. The molecular weight excluding hydrogens is 109 g/mol. The van der Waals surface area contributed by atoms with E-state index in [1.165, 1.54) is 0 Å². The van der Waals surface area contributed by atoms with Crippen molar-refractivity contribution in [3.05, 3.63) is 12.7 Å². The summed E-state index contributed by atoms with van der Waals surface area (Å²) in [5.74, 6) is -0.481. The van der Waals surface area contributed by atoms with Gasteiger partial charge in [-0.05, 0) is 6.08 Å². The van der Waals surface area contributed by atoms with Gasteiger partial charge < -0.3 is 5.73 Å².